The van der Waals surface area contributed by atoms with Crippen LogP contribution >= 0.6 is 0 Å². The number of nitro benzene ring substituents is 1. The average molecular weight is 468 g/mol. The van der Waals surface area contributed by atoms with Gasteiger partial charge in [0.1, 0.15) is 18.4 Å². The van der Waals surface area contributed by atoms with E-state index in [9.17, 15) is 19.7 Å². The first kappa shape index (κ1) is 23.9. The number of rotatable bonds is 7. The lowest BCUT2D eigenvalue weighted by atomic mass is 9.97. The van der Waals surface area contributed by atoms with Gasteiger partial charge in [-0.3, -0.25) is 15.2 Å². The summed E-state index contributed by atoms with van der Waals surface area (Å²) in [5.41, 5.74) is 0.539. The summed E-state index contributed by atoms with van der Waals surface area (Å²) in [6.45, 7) is 1.63. The second kappa shape index (κ2) is 10.7. The molecule has 0 saturated carbocycles. The number of nitriles is 1. The molecule has 2 aromatic rings. The lowest BCUT2D eigenvalue weighted by Crippen LogP contribution is -2.46. The van der Waals surface area contributed by atoms with Gasteiger partial charge in [-0.2, -0.15) is 10.4 Å². The van der Waals surface area contributed by atoms with Crippen molar-refractivity contribution >= 4 is 23.8 Å². The van der Waals surface area contributed by atoms with Gasteiger partial charge in [-0.05, 0) is 24.6 Å². The Kier molecular flexibility index (Phi) is 7.55. The number of hydrogen-bond donors (Lipinski definition) is 1. The van der Waals surface area contributed by atoms with Crippen LogP contribution in [0.15, 0.2) is 52.8 Å². The Labute approximate surface area is 193 Å². The minimum Gasteiger partial charge on any atom is -0.468 e. The summed E-state index contributed by atoms with van der Waals surface area (Å²) in [6, 6.07) is 7.11. The van der Waals surface area contributed by atoms with Crippen molar-refractivity contribution in [3.8, 4) is 11.8 Å². The van der Waals surface area contributed by atoms with E-state index in [1.807, 2.05) is 6.07 Å². The molecule has 0 radical (unpaired) electrons. The summed E-state index contributed by atoms with van der Waals surface area (Å²) >= 11 is 0. The molecule has 1 N–H and O–H groups in total. The van der Waals surface area contributed by atoms with Crippen LogP contribution < -0.4 is 4.74 Å². The van der Waals surface area contributed by atoms with Crippen LogP contribution in [0.4, 0.5) is 10.5 Å². The van der Waals surface area contributed by atoms with Gasteiger partial charge < -0.3 is 14.2 Å². The van der Waals surface area contributed by atoms with Crippen LogP contribution in [0.3, 0.4) is 0 Å². The van der Waals surface area contributed by atoms with Gasteiger partial charge in [0, 0.05) is 18.3 Å². The summed E-state index contributed by atoms with van der Waals surface area (Å²) in [5, 5.41) is 26.3. The highest BCUT2D eigenvalue weighted by atomic mass is 16.6. The van der Waals surface area contributed by atoms with Crippen LogP contribution in [0.1, 0.15) is 31.5 Å². The van der Waals surface area contributed by atoms with Gasteiger partial charge in [0.2, 0.25) is 0 Å². The molecule has 0 aliphatic carbocycles. The number of esters is 1. The molecule has 1 unspecified atom stereocenters. The van der Waals surface area contributed by atoms with Crippen molar-refractivity contribution < 1.29 is 28.7 Å². The quantitative estimate of drug-likeness (QED) is 0.277. The maximum atomic E-state index is 13.2. The van der Waals surface area contributed by atoms with Gasteiger partial charge in [-0.15, -0.1) is 0 Å². The maximum Gasteiger partial charge on any atom is 0.424 e. The van der Waals surface area contributed by atoms with Crippen LogP contribution in [0.5, 0.6) is 5.75 Å². The SMILES string of the molecule is CCC1=C(C(=O)OCCC#N)C(c2ccn[nH]2)N(C(=O)Oc2ccc([N+](=O)[O-])cc2)C(OC)=N1. The van der Waals surface area contributed by atoms with Gasteiger partial charge in [-0.1, -0.05) is 6.92 Å². The third-order valence-electron chi connectivity index (χ3n) is 4.73. The first-order valence-corrected chi connectivity index (χ1v) is 10.1. The molecule has 0 spiro atoms. The molecule has 1 aromatic heterocycles. The van der Waals surface area contributed by atoms with Crippen molar-refractivity contribution in [2.45, 2.75) is 25.8 Å². The number of nitro groups is 1. The van der Waals surface area contributed by atoms with Crippen molar-refractivity contribution in [2.75, 3.05) is 13.7 Å². The van der Waals surface area contributed by atoms with E-state index in [4.69, 9.17) is 19.5 Å². The molecule has 1 atom stereocenters. The Morgan fingerprint density at radius 2 is 2.03 bits per heavy atom. The molecule has 0 bridgehead atoms. The number of hydrogen-bond acceptors (Lipinski definition) is 10. The van der Waals surface area contributed by atoms with E-state index < -0.39 is 23.0 Å². The number of ether oxygens (including phenoxy) is 3. The van der Waals surface area contributed by atoms with Crippen LogP contribution in [-0.2, 0) is 14.3 Å². The van der Waals surface area contributed by atoms with Crippen molar-refractivity contribution in [1.82, 2.24) is 15.1 Å². The number of amides is 1. The number of benzene rings is 1. The molecule has 176 valence electrons. The van der Waals surface area contributed by atoms with E-state index in [1.54, 1.807) is 13.0 Å². The Morgan fingerprint density at radius 1 is 1.29 bits per heavy atom. The van der Waals surface area contributed by atoms with Crippen molar-refractivity contribution in [3.05, 3.63) is 63.6 Å². The fourth-order valence-corrected chi connectivity index (χ4v) is 3.22. The minimum absolute atomic E-state index is 0.00626. The fourth-order valence-electron chi connectivity index (χ4n) is 3.22. The second-order valence-electron chi connectivity index (χ2n) is 6.76. The lowest BCUT2D eigenvalue weighted by Gasteiger charge is -2.34. The third kappa shape index (κ3) is 5.01. The van der Waals surface area contributed by atoms with E-state index in [0.29, 0.717) is 17.8 Å². The lowest BCUT2D eigenvalue weighted by molar-refractivity contribution is -0.384. The largest absolute Gasteiger partial charge is 0.468 e. The molecule has 1 amide bonds. The minimum atomic E-state index is -1.09. The van der Waals surface area contributed by atoms with Crippen LogP contribution in [0.2, 0.25) is 0 Å². The summed E-state index contributed by atoms with van der Waals surface area (Å²) in [4.78, 5) is 41.8. The number of non-ortho nitro benzene ring substituents is 1. The molecule has 13 nitrogen and oxygen atoms in total. The monoisotopic (exact) mass is 468 g/mol. The van der Waals surface area contributed by atoms with Gasteiger partial charge in [-0.25, -0.2) is 19.5 Å². The fraction of sp³-hybridized carbons (Fsp3) is 0.286. The van der Waals surface area contributed by atoms with E-state index in [-0.39, 0.29) is 36.1 Å². The zero-order valence-corrected chi connectivity index (χ0v) is 18.3. The first-order chi connectivity index (χ1) is 16.4. The molecule has 1 aliphatic heterocycles. The summed E-state index contributed by atoms with van der Waals surface area (Å²) in [5.74, 6) is -0.739. The van der Waals surface area contributed by atoms with Gasteiger partial charge in [0.15, 0.2) is 0 Å². The molecule has 0 fully saturated rings. The molecular formula is C21H20N6O7. The highest BCUT2D eigenvalue weighted by molar-refractivity contribution is 5.99. The summed E-state index contributed by atoms with van der Waals surface area (Å²) < 4.78 is 15.9. The molecule has 1 aromatic carbocycles. The third-order valence-corrected chi connectivity index (χ3v) is 4.73. The Morgan fingerprint density at radius 3 is 2.59 bits per heavy atom. The number of aromatic amines is 1. The molecule has 34 heavy (non-hydrogen) atoms. The number of allylic oxidation sites excluding steroid dienone is 1. The Bertz CT molecular complexity index is 1170. The molecule has 1 aliphatic rings. The van der Waals surface area contributed by atoms with E-state index in [0.717, 1.165) is 4.90 Å². The second-order valence-corrected chi connectivity index (χ2v) is 6.76. The van der Waals surface area contributed by atoms with Crippen molar-refractivity contribution in [3.63, 3.8) is 0 Å². The molecular weight excluding hydrogens is 448 g/mol. The van der Waals surface area contributed by atoms with E-state index in [1.165, 1.54) is 37.6 Å². The van der Waals surface area contributed by atoms with E-state index in [2.05, 4.69) is 15.2 Å². The van der Waals surface area contributed by atoms with Crippen LogP contribution in [-0.4, -0.2) is 51.8 Å². The summed E-state index contributed by atoms with van der Waals surface area (Å²) in [6.07, 6.45) is 0.781. The molecule has 13 heteroatoms. The number of nitrogens with zero attached hydrogens (tertiary/aromatic N) is 5. The molecule has 3 rings (SSSR count). The van der Waals surface area contributed by atoms with Crippen molar-refractivity contribution in [1.29, 1.82) is 5.26 Å². The summed E-state index contributed by atoms with van der Waals surface area (Å²) in [7, 11) is 1.30. The zero-order chi connectivity index (χ0) is 24.7. The predicted molar refractivity (Wildman–Crippen MR) is 115 cm³/mol. The normalized spacial score (nSPS) is 15.3. The number of carbonyl (C=O) groups is 2. The Hall–Kier alpha value is -4.73. The molecule has 0 saturated heterocycles. The maximum absolute atomic E-state index is 13.2. The van der Waals surface area contributed by atoms with Crippen LogP contribution in [0, 0.1) is 21.4 Å². The predicted octanol–water partition coefficient (Wildman–Crippen LogP) is 3.00. The highest BCUT2D eigenvalue weighted by Gasteiger charge is 2.43. The van der Waals surface area contributed by atoms with Gasteiger partial charge >= 0.3 is 18.1 Å². The highest BCUT2D eigenvalue weighted by Crippen LogP contribution is 2.37. The number of nitrogens with one attached hydrogen (secondary N) is 1. The smallest absolute Gasteiger partial charge is 0.424 e. The standard InChI is InChI=1S/C21H20N6O7/c1-3-15-17(19(28)33-12-4-10-22)18(16-9-11-23-25-16)26(20(24-15)32-2)21(29)34-14-7-5-13(6-8-14)27(30)31/h5-9,11,18H,3-4,12H2,1-2H3,(H,23,25). The molecule has 2 heterocycles. The number of amidine groups is 1. The Balaban J connectivity index is 2.02. The number of aromatic nitrogens is 2. The topological polar surface area (TPSA) is 173 Å². The van der Waals surface area contributed by atoms with Gasteiger partial charge in [0.25, 0.3) is 5.69 Å². The number of carbonyl (C=O) groups excluding carboxylic acids is 2. The zero-order valence-electron chi connectivity index (χ0n) is 18.3. The average Bonchev–Trinajstić information content (AvgIpc) is 3.37. The van der Waals surface area contributed by atoms with Gasteiger partial charge in [0.05, 0.1) is 41.5 Å². The number of methoxy groups -OCH3 is 1. The van der Waals surface area contributed by atoms with Crippen molar-refractivity contribution in [2.24, 2.45) is 4.99 Å². The number of aliphatic imine (C=N–C) groups is 1. The van der Waals surface area contributed by atoms with E-state index >= 15 is 0 Å². The first-order valence-electron chi connectivity index (χ1n) is 10.1. The number of H-pyrrole nitrogens is 1. The van der Waals surface area contributed by atoms with Crippen LogP contribution in [0.25, 0.3) is 0 Å².